The molecule has 0 unspecified atom stereocenters. The van der Waals surface area contributed by atoms with Gasteiger partial charge in [-0.25, -0.2) is 0 Å². The summed E-state index contributed by atoms with van der Waals surface area (Å²) in [6, 6.07) is 25.2. The second-order valence-corrected chi connectivity index (χ2v) is 16.4. The zero-order chi connectivity index (χ0) is 38.4. The third-order valence-corrected chi connectivity index (χ3v) is 11.9. The molecule has 0 aliphatic heterocycles. The third-order valence-electron chi connectivity index (χ3n) is 6.80. The van der Waals surface area contributed by atoms with Gasteiger partial charge in [0.05, 0.1) is 11.5 Å². The highest BCUT2D eigenvalue weighted by Crippen LogP contribution is 2.29. The van der Waals surface area contributed by atoms with E-state index in [0.717, 1.165) is 55.2 Å². The molecule has 0 atom stereocenters. The summed E-state index contributed by atoms with van der Waals surface area (Å²) in [5.74, 6) is 9.29. The van der Waals surface area contributed by atoms with E-state index in [9.17, 15) is 0 Å². The van der Waals surface area contributed by atoms with Gasteiger partial charge in [0, 0.05) is 23.0 Å². The van der Waals surface area contributed by atoms with Crippen LogP contribution < -0.4 is 0 Å². The van der Waals surface area contributed by atoms with Crippen LogP contribution >= 0.6 is 70.6 Å². The molecule has 0 N–H and O–H groups in total. The van der Waals surface area contributed by atoms with Gasteiger partial charge in [-0.3, -0.25) is 0 Å². The zero-order valence-corrected chi connectivity index (χ0v) is 34.5. The molecule has 5 aromatic rings. The quantitative estimate of drug-likeness (QED) is 0.0452. The topological polar surface area (TPSA) is 77.3 Å². The smallest absolute Gasteiger partial charge is 0.193 e. The van der Waals surface area contributed by atoms with Gasteiger partial charge in [-0.1, -0.05) is 199 Å². The van der Waals surface area contributed by atoms with E-state index >= 15 is 0 Å². The normalized spacial score (nSPS) is 10.3. The monoisotopic (exact) mass is 818 g/mol. The molecule has 0 saturated carbocycles. The number of thioether (sulfide) groups is 6. The third kappa shape index (κ3) is 15.3. The van der Waals surface area contributed by atoms with Gasteiger partial charge in [-0.2, -0.15) is 29.9 Å². The lowest BCUT2D eigenvalue weighted by Crippen LogP contribution is -1.98. The Morgan fingerprint density at radius 2 is 0.704 bits per heavy atom. The lowest BCUT2D eigenvalue weighted by atomic mass is 10.1. The molecule has 0 spiro atoms. The summed E-state index contributed by atoms with van der Waals surface area (Å²) in [7, 11) is 0. The average Bonchev–Trinajstić information content (AvgIpc) is 3.22. The van der Waals surface area contributed by atoms with Crippen LogP contribution in [0.15, 0.2) is 136 Å². The molecular weight excluding hydrogens is 781 g/mol. The predicted molar refractivity (Wildman–Crippen MR) is 238 cm³/mol. The number of hydrogen-bond acceptors (Lipinski definition) is 12. The van der Waals surface area contributed by atoms with Gasteiger partial charge in [-0.05, 0) is 33.4 Å². The van der Waals surface area contributed by atoms with Crippen LogP contribution in [0.2, 0.25) is 0 Å². The Hall–Kier alpha value is -4.14. The van der Waals surface area contributed by atoms with E-state index in [-0.39, 0.29) is 0 Å². The van der Waals surface area contributed by atoms with Gasteiger partial charge in [0.15, 0.2) is 30.9 Å². The highest BCUT2D eigenvalue weighted by Gasteiger charge is 2.11. The molecule has 0 amide bonds. The molecule has 0 saturated heterocycles. The van der Waals surface area contributed by atoms with Crippen molar-refractivity contribution in [3.63, 3.8) is 0 Å². The molecule has 2 heterocycles. The maximum absolute atomic E-state index is 5.22. The molecule has 0 radical (unpaired) electrons. The van der Waals surface area contributed by atoms with E-state index in [2.05, 4.69) is 126 Å². The lowest BCUT2D eigenvalue weighted by Gasteiger charge is -2.08. The second kappa shape index (κ2) is 24.3. The van der Waals surface area contributed by atoms with Crippen molar-refractivity contribution >= 4 is 88.8 Å². The van der Waals surface area contributed by atoms with Gasteiger partial charge in [0.25, 0.3) is 0 Å². The standard InChI is InChI=1S/C30H27N3S3.C12H11N3S3/c1-4-22-7-13-25(14-8-22)19-34-28-31-29(35-20-26-15-9-23(5-2)10-16-26)33-30(32-28)36-21-27-17-11-24(6-3)12-18-27;1-4-7-16-10-13-11(17-8-5-2)15-12(14-10)18-9-6-3/h4-18H,1-3,19-21H2;1-2,6H,3,7-9H2. The lowest BCUT2D eigenvalue weighted by molar-refractivity contribution is 0.717. The molecule has 5 rings (SSSR count). The van der Waals surface area contributed by atoms with Crippen molar-refractivity contribution in [3.8, 4) is 24.7 Å². The molecule has 3 aromatic carbocycles. The van der Waals surface area contributed by atoms with Gasteiger partial charge in [-0.15, -0.1) is 19.4 Å². The van der Waals surface area contributed by atoms with Crippen LogP contribution in [0.5, 0.6) is 0 Å². The highest BCUT2D eigenvalue weighted by atomic mass is 32.2. The Bertz CT molecular complexity index is 1860. The summed E-state index contributed by atoms with van der Waals surface area (Å²) in [5.41, 5.74) is 7.01. The molecular formula is C42H38N6S6. The van der Waals surface area contributed by atoms with Crippen LogP contribution in [0.25, 0.3) is 18.2 Å². The molecule has 0 fully saturated rings. The number of hydrogen-bond donors (Lipinski definition) is 0. The fraction of sp³-hybridized carbons (Fsp3) is 0.143. The van der Waals surface area contributed by atoms with Crippen LogP contribution in [0.4, 0.5) is 0 Å². The first kappa shape index (κ1) is 42.6. The predicted octanol–water partition coefficient (Wildman–Crippen LogP) is 11.3. The molecule has 12 heteroatoms. The van der Waals surface area contributed by atoms with Crippen LogP contribution in [0, 0.1) is 24.7 Å². The van der Waals surface area contributed by atoms with Crippen LogP contribution in [0.1, 0.15) is 33.4 Å². The van der Waals surface area contributed by atoms with Gasteiger partial charge >= 0.3 is 0 Å². The number of aromatic nitrogens is 6. The van der Waals surface area contributed by atoms with Crippen LogP contribution in [0.3, 0.4) is 0 Å². The summed E-state index contributed by atoms with van der Waals surface area (Å²) in [4.78, 5) is 27.2. The van der Waals surface area contributed by atoms with E-state index in [0.29, 0.717) is 27.0 Å². The minimum absolute atomic E-state index is 0.537. The Morgan fingerprint density at radius 1 is 0.426 bits per heavy atom. The zero-order valence-electron chi connectivity index (χ0n) is 29.6. The summed E-state index contributed by atoms with van der Waals surface area (Å²) < 4.78 is 0. The van der Waals surface area contributed by atoms with Crippen LogP contribution in [-0.2, 0) is 17.3 Å². The first-order valence-corrected chi connectivity index (χ1v) is 22.3. The first-order chi connectivity index (χ1) is 26.4. The minimum atomic E-state index is 0.537. The van der Waals surface area contributed by atoms with Crippen molar-refractivity contribution in [2.45, 2.75) is 48.2 Å². The summed E-state index contributed by atoms with van der Waals surface area (Å²) in [5, 5.41) is 4.16. The summed E-state index contributed by atoms with van der Waals surface area (Å²) >= 11 is 9.23. The minimum Gasteiger partial charge on any atom is -0.196 e. The SMILES string of the molecule is C#CCSc1nc(SCC#C)nc(SCC=C)n1.C=Cc1ccc(CSc2nc(SCc3ccc(C=C)cc3)nc(SCc3ccc(C=C)cc3)n2)cc1. The molecule has 0 aliphatic carbocycles. The maximum atomic E-state index is 5.22. The molecule has 272 valence electrons. The highest BCUT2D eigenvalue weighted by molar-refractivity contribution is 8.00. The van der Waals surface area contributed by atoms with Crippen molar-refractivity contribution in [1.82, 2.24) is 29.9 Å². The van der Waals surface area contributed by atoms with E-state index in [1.165, 1.54) is 52.0 Å². The van der Waals surface area contributed by atoms with E-state index < -0.39 is 0 Å². The summed E-state index contributed by atoms with van der Waals surface area (Å²) in [6.45, 7) is 15.1. The first-order valence-electron chi connectivity index (χ1n) is 16.4. The number of nitrogens with zero attached hydrogens (tertiary/aromatic N) is 6. The van der Waals surface area contributed by atoms with Gasteiger partial charge < -0.3 is 0 Å². The van der Waals surface area contributed by atoms with E-state index in [4.69, 9.17) is 27.8 Å². The van der Waals surface area contributed by atoms with Gasteiger partial charge in [0.2, 0.25) is 0 Å². The van der Waals surface area contributed by atoms with Crippen molar-refractivity contribution in [3.05, 3.63) is 139 Å². The molecule has 54 heavy (non-hydrogen) atoms. The molecule has 0 bridgehead atoms. The average molecular weight is 819 g/mol. The van der Waals surface area contributed by atoms with Crippen molar-refractivity contribution < 1.29 is 0 Å². The fourth-order valence-corrected chi connectivity index (χ4v) is 8.38. The van der Waals surface area contributed by atoms with Crippen molar-refractivity contribution in [1.29, 1.82) is 0 Å². The Balaban J connectivity index is 0.000000304. The Morgan fingerprint density at radius 3 is 0.963 bits per heavy atom. The van der Waals surface area contributed by atoms with E-state index in [1.54, 1.807) is 41.4 Å². The maximum Gasteiger partial charge on any atom is 0.193 e. The largest absolute Gasteiger partial charge is 0.196 e. The summed E-state index contributed by atoms with van der Waals surface area (Å²) in [6.07, 6.45) is 17.8. The Kier molecular flexibility index (Phi) is 19.2. The molecule has 6 nitrogen and oxygen atoms in total. The van der Waals surface area contributed by atoms with Crippen molar-refractivity contribution in [2.75, 3.05) is 17.3 Å². The number of benzene rings is 3. The number of terminal acetylenes is 2. The Labute approximate surface area is 345 Å². The van der Waals surface area contributed by atoms with E-state index in [1.807, 2.05) is 18.2 Å². The van der Waals surface area contributed by atoms with Crippen LogP contribution in [-0.4, -0.2) is 47.2 Å². The fourth-order valence-electron chi connectivity index (χ4n) is 4.07. The van der Waals surface area contributed by atoms with Gasteiger partial charge in [0.1, 0.15) is 0 Å². The number of rotatable bonds is 19. The second-order valence-electron chi connectivity index (χ2n) is 10.7. The molecule has 2 aromatic heterocycles. The molecule has 0 aliphatic rings. The van der Waals surface area contributed by atoms with Crippen molar-refractivity contribution in [2.24, 2.45) is 0 Å².